The Hall–Kier alpha value is -0.280. The topological polar surface area (TPSA) is 15.3 Å². The molecular weight excluding hydrogens is 303 g/mol. The van der Waals surface area contributed by atoms with Gasteiger partial charge in [0.25, 0.3) is 0 Å². The monoisotopic (exact) mass is 328 g/mol. The highest BCUT2D eigenvalue weighted by molar-refractivity contribution is 6.35. The highest BCUT2D eigenvalue weighted by atomic mass is 35.5. The van der Waals surface area contributed by atoms with Crippen molar-refractivity contribution in [2.75, 3.05) is 19.6 Å². The Bertz CT molecular complexity index is 444. The number of piperidine rings is 1. The average molecular weight is 329 g/mol. The van der Waals surface area contributed by atoms with Gasteiger partial charge in [0.15, 0.2) is 0 Å². The number of nitrogens with zero attached hydrogens (tertiary/aromatic N) is 1. The first-order valence-electron chi connectivity index (χ1n) is 8.04. The Morgan fingerprint density at radius 1 is 1.19 bits per heavy atom. The van der Waals surface area contributed by atoms with Crippen molar-refractivity contribution >= 4 is 23.2 Å². The maximum atomic E-state index is 6.33. The molecule has 0 aromatic heterocycles. The number of halogens is 2. The van der Waals surface area contributed by atoms with Crippen LogP contribution in [0.5, 0.6) is 0 Å². The number of likely N-dealkylation sites (tertiary alicyclic amines) is 1. The Morgan fingerprint density at radius 2 is 1.90 bits per heavy atom. The van der Waals surface area contributed by atoms with Crippen molar-refractivity contribution in [1.29, 1.82) is 0 Å². The largest absolute Gasteiger partial charge is 0.308 e. The molecule has 21 heavy (non-hydrogen) atoms. The third kappa shape index (κ3) is 4.85. The zero-order chi connectivity index (χ0) is 15.2. The molecule has 118 valence electrons. The lowest BCUT2D eigenvalue weighted by atomic mass is 10.0. The van der Waals surface area contributed by atoms with Gasteiger partial charge in [-0.15, -0.1) is 0 Å². The highest BCUT2D eigenvalue weighted by Gasteiger charge is 2.19. The summed E-state index contributed by atoms with van der Waals surface area (Å²) in [7, 11) is 0. The molecule has 1 saturated heterocycles. The summed E-state index contributed by atoms with van der Waals surface area (Å²) in [4.78, 5) is 2.59. The highest BCUT2D eigenvalue weighted by Crippen LogP contribution is 2.28. The molecule has 0 spiro atoms. The molecule has 1 aliphatic heterocycles. The van der Waals surface area contributed by atoms with E-state index in [-0.39, 0.29) is 0 Å². The van der Waals surface area contributed by atoms with Crippen molar-refractivity contribution in [3.63, 3.8) is 0 Å². The molecule has 2 nitrogen and oxygen atoms in total. The minimum atomic E-state index is 0.294. The van der Waals surface area contributed by atoms with Crippen molar-refractivity contribution in [3.05, 3.63) is 33.8 Å². The first-order valence-corrected chi connectivity index (χ1v) is 8.79. The van der Waals surface area contributed by atoms with Gasteiger partial charge in [-0.25, -0.2) is 0 Å². The minimum absolute atomic E-state index is 0.294. The molecule has 0 saturated carbocycles. The number of rotatable bonds is 6. The fourth-order valence-electron chi connectivity index (χ4n) is 3.06. The summed E-state index contributed by atoms with van der Waals surface area (Å²) in [6.45, 7) is 7.98. The van der Waals surface area contributed by atoms with E-state index >= 15 is 0 Å². The van der Waals surface area contributed by atoms with Gasteiger partial charge < -0.3 is 5.32 Å². The summed E-state index contributed by atoms with van der Waals surface area (Å²) in [5, 5.41) is 5.13. The SMILES string of the molecule is CCC(NCC(C)N1CCCCC1)c1ccc(Cl)cc1Cl. The van der Waals surface area contributed by atoms with Gasteiger partial charge in [-0.2, -0.15) is 0 Å². The molecule has 1 N–H and O–H groups in total. The van der Waals surface area contributed by atoms with Crippen molar-refractivity contribution in [2.24, 2.45) is 0 Å². The zero-order valence-corrected chi connectivity index (χ0v) is 14.6. The van der Waals surface area contributed by atoms with Crippen molar-refractivity contribution < 1.29 is 0 Å². The van der Waals surface area contributed by atoms with Crippen molar-refractivity contribution in [1.82, 2.24) is 10.2 Å². The number of benzene rings is 1. The van der Waals surface area contributed by atoms with E-state index in [2.05, 4.69) is 24.1 Å². The normalized spacial score (nSPS) is 19.4. The molecule has 0 bridgehead atoms. The second-order valence-corrected chi connectivity index (χ2v) is 6.82. The third-order valence-electron chi connectivity index (χ3n) is 4.42. The second-order valence-electron chi connectivity index (χ2n) is 5.98. The smallest absolute Gasteiger partial charge is 0.0468 e. The molecule has 0 radical (unpaired) electrons. The van der Waals surface area contributed by atoms with Gasteiger partial charge in [0.2, 0.25) is 0 Å². The van der Waals surface area contributed by atoms with Crippen LogP contribution in [0.1, 0.15) is 51.1 Å². The molecule has 1 heterocycles. The van der Waals surface area contributed by atoms with Crippen LogP contribution in [-0.2, 0) is 0 Å². The lowest BCUT2D eigenvalue weighted by molar-refractivity contribution is 0.167. The summed E-state index contributed by atoms with van der Waals surface area (Å²) < 4.78 is 0. The molecule has 1 aliphatic rings. The molecule has 4 heteroatoms. The van der Waals surface area contributed by atoms with Crippen LogP contribution in [0.3, 0.4) is 0 Å². The predicted octanol–water partition coefficient (Wildman–Crippen LogP) is 4.91. The van der Waals surface area contributed by atoms with E-state index in [9.17, 15) is 0 Å². The number of nitrogens with one attached hydrogen (secondary N) is 1. The summed E-state index contributed by atoms with van der Waals surface area (Å²) in [5.41, 5.74) is 1.15. The third-order valence-corrected chi connectivity index (χ3v) is 4.98. The average Bonchev–Trinajstić information content (AvgIpc) is 2.50. The maximum absolute atomic E-state index is 6.33. The van der Waals surface area contributed by atoms with Gasteiger partial charge in [-0.3, -0.25) is 4.90 Å². The summed E-state index contributed by atoms with van der Waals surface area (Å²) in [6.07, 6.45) is 5.08. The van der Waals surface area contributed by atoms with Gasteiger partial charge in [0.05, 0.1) is 0 Å². The first kappa shape index (κ1) is 17.1. The number of hydrogen-bond acceptors (Lipinski definition) is 2. The predicted molar refractivity (Wildman–Crippen MR) is 92.4 cm³/mol. The molecule has 0 aliphatic carbocycles. The van der Waals surface area contributed by atoms with Crippen LogP contribution in [0.4, 0.5) is 0 Å². The van der Waals surface area contributed by atoms with E-state index in [1.54, 1.807) is 0 Å². The molecule has 0 amide bonds. The number of hydrogen-bond donors (Lipinski definition) is 1. The van der Waals surface area contributed by atoms with Gasteiger partial charge in [-0.1, -0.05) is 42.6 Å². The summed E-state index contributed by atoms with van der Waals surface area (Å²) >= 11 is 12.3. The minimum Gasteiger partial charge on any atom is -0.308 e. The van der Waals surface area contributed by atoms with Crippen molar-refractivity contribution in [2.45, 2.75) is 51.6 Å². The molecular formula is C17H26Cl2N2. The fourth-order valence-corrected chi connectivity index (χ4v) is 3.60. The van der Waals surface area contributed by atoms with Crippen LogP contribution in [0.2, 0.25) is 10.0 Å². The van der Waals surface area contributed by atoms with E-state index in [4.69, 9.17) is 23.2 Å². The van der Waals surface area contributed by atoms with Crippen LogP contribution >= 0.6 is 23.2 Å². The quantitative estimate of drug-likeness (QED) is 0.798. The molecule has 1 aromatic rings. The van der Waals surface area contributed by atoms with Gasteiger partial charge in [-0.05, 0) is 57.0 Å². The Kier molecular flexibility index (Phi) is 6.81. The van der Waals surface area contributed by atoms with E-state index in [0.29, 0.717) is 17.1 Å². The van der Waals surface area contributed by atoms with E-state index in [1.165, 1.54) is 32.4 Å². The van der Waals surface area contributed by atoms with E-state index in [1.807, 2.05) is 18.2 Å². The Morgan fingerprint density at radius 3 is 2.52 bits per heavy atom. The zero-order valence-electron chi connectivity index (χ0n) is 13.0. The Labute approximate surface area is 138 Å². The molecule has 2 atom stereocenters. The van der Waals surface area contributed by atoms with Gasteiger partial charge >= 0.3 is 0 Å². The van der Waals surface area contributed by atoms with E-state index in [0.717, 1.165) is 23.6 Å². The van der Waals surface area contributed by atoms with Gasteiger partial charge in [0, 0.05) is 28.7 Å². The fraction of sp³-hybridized carbons (Fsp3) is 0.647. The standard InChI is InChI=1S/C17H26Cl2N2/c1-3-17(15-8-7-14(18)11-16(15)19)20-12-13(2)21-9-5-4-6-10-21/h7-8,11,13,17,20H,3-6,9-10,12H2,1-2H3. The lowest BCUT2D eigenvalue weighted by Gasteiger charge is -2.33. The molecule has 1 aromatic carbocycles. The Balaban J connectivity index is 1.92. The second kappa shape index (κ2) is 8.38. The molecule has 1 fully saturated rings. The maximum Gasteiger partial charge on any atom is 0.0468 e. The van der Waals surface area contributed by atoms with Crippen LogP contribution in [0.15, 0.2) is 18.2 Å². The van der Waals surface area contributed by atoms with Crippen LogP contribution in [0, 0.1) is 0 Å². The van der Waals surface area contributed by atoms with Crippen LogP contribution in [0.25, 0.3) is 0 Å². The van der Waals surface area contributed by atoms with E-state index < -0.39 is 0 Å². The first-order chi connectivity index (χ1) is 10.1. The summed E-state index contributed by atoms with van der Waals surface area (Å²) in [6, 6.07) is 6.66. The van der Waals surface area contributed by atoms with Crippen molar-refractivity contribution in [3.8, 4) is 0 Å². The van der Waals surface area contributed by atoms with Crippen LogP contribution < -0.4 is 5.32 Å². The summed E-state index contributed by atoms with van der Waals surface area (Å²) in [5.74, 6) is 0. The molecule has 2 rings (SSSR count). The van der Waals surface area contributed by atoms with Gasteiger partial charge in [0.1, 0.15) is 0 Å². The lowest BCUT2D eigenvalue weighted by Crippen LogP contribution is -2.43. The molecule has 2 unspecified atom stereocenters. The van der Waals surface area contributed by atoms with Crippen LogP contribution in [-0.4, -0.2) is 30.6 Å².